The molecule has 0 bridgehead atoms. The van der Waals surface area contributed by atoms with Gasteiger partial charge in [0.1, 0.15) is 5.69 Å². The molecule has 2 aromatic heterocycles. The number of halogens is 1. The minimum Gasteiger partial charge on any atom is -0.448 e. The monoisotopic (exact) mass is 400 g/mol. The van der Waals surface area contributed by atoms with E-state index in [4.69, 9.17) is 4.42 Å². The lowest BCUT2D eigenvalue weighted by Gasteiger charge is -2.31. The molecule has 0 radical (unpaired) electrons. The van der Waals surface area contributed by atoms with Gasteiger partial charge in [-0.25, -0.2) is 0 Å². The number of amides is 1. The summed E-state index contributed by atoms with van der Waals surface area (Å²) in [5.74, 6) is 0.664. The highest BCUT2D eigenvalue weighted by Crippen LogP contribution is 2.29. The first kappa shape index (κ1) is 16.5. The van der Waals surface area contributed by atoms with Crippen molar-refractivity contribution in [1.82, 2.24) is 9.47 Å². The van der Waals surface area contributed by atoms with E-state index in [1.54, 1.807) is 0 Å². The van der Waals surface area contributed by atoms with Crippen LogP contribution in [-0.4, -0.2) is 28.5 Å². The molecular formula is C20H21BrN2O2. The van der Waals surface area contributed by atoms with Crippen LogP contribution in [0.3, 0.4) is 0 Å². The number of piperidine rings is 1. The van der Waals surface area contributed by atoms with Gasteiger partial charge in [0.15, 0.2) is 10.3 Å². The van der Waals surface area contributed by atoms with Crippen LogP contribution in [0.25, 0.3) is 11.1 Å². The van der Waals surface area contributed by atoms with Gasteiger partial charge in [0.25, 0.3) is 5.91 Å². The van der Waals surface area contributed by atoms with Gasteiger partial charge in [-0.15, -0.1) is 0 Å². The topological polar surface area (TPSA) is 38.4 Å². The van der Waals surface area contributed by atoms with Crippen LogP contribution in [0.5, 0.6) is 0 Å². The van der Waals surface area contributed by atoms with E-state index in [2.05, 4.69) is 39.6 Å². The second-order valence-corrected chi connectivity index (χ2v) is 7.68. The average Bonchev–Trinajstić information content (AvgIpc) is 3.12. The second kappa shape index (κ2) is 6.71. The number of furan rings is 1. The van der Waals surface area contributed by atoms with Crippen LogP contribution >= 0.6 is 15.9 Å². The number of nitrogens with zero attached hydrogens (tertiary/aromatic N) is 2. The zero-order valence-electron chi connectivity index (χ0n) is 14.2. The number of fused-ring (bicyclic) bond motifs is 1. The first-order valence-corrected chi connectivity index (χ1v) is 9.53. The summed E-state index contributed by atoms with van der Waals surface area (Å²) in [6.45, 7) is 4.54. The zero-order valence-corrected chi connectivity index (χ0v) is 15.8. The van der Waals surface area contributed by atoms with Gasteiger partial charge in [-0.1, -0.05) is 37.3 Å². The lowest BCUT2D eigenvalue weighted by atomic mass is 10.00. The third-order valence-corrected chi connectivity index (χ3v) is 5.30. The van der Waals surface area contributed by atoms with Gasteiger partial charge in [0.05, 0.1) is 5.52 Å². The Morgan fingerprint density at radius 3 is 2.84 bits per heavy atom. The molecule has 1 fully saturated rings. The molecule has 1 unspecified atom stereocenters. The summed E-state index contributed by atoms with van der Waals surface area (Å²) < 4.78 is 8.47. The van der Waals surface area contributed by atoms with Gasteiger partial charge in [-0.05, 0) is 40.3 Å². The van der Waals surface area contributed by atoms with Crippen molar-refractivity contribution in [2.75, 3.05) is 13.1 Å². The normalized spacial score (nSPS) is 18.0. The SMILES string of the molecule is CC1CCCN(C(=O)c2cc3oc(Br)cc3n2Cc2ccccc2)C1. The Kier molecular flexibility index (Phi) is 4.42. The first-order chi connectivity index (χ1) is 12.1. The van der Waals surface area contributed by atoms with E-state index in [1.165, 1.54) is 12.0 Å². The minimum atomic E-state index is 0.102. The molecule has 0 saturated carbocycles. The molecule has 0 aliphatic carbocycles. The van der Waals surface area contributed by atoms with Gasteiger partial charge in [0.2, 0.25) is 0 Å². The smallest absolute Gasteiger partial charge is 0.270 e. The fourth-order valence-corrected chi connectivity index (χ4v) is 4.05. The van der Waals surface area contributed by atoms with Gasteiger partial charge in [-0.3, -0.25) is 4.79 Å². The van der Waals surface area contributed by atoms with Crippen molar-refractivity contribution in [2.45, 2.75) is 26.3 Å². The van der Waals surface area contributed by atoms with E-state index < -0.39 is 0 Å². The number of likely N-dealkylation sites (tertiary alicyclic amines) is 1. The molecule has 1 atom stereocenters. The molecule has 1 aliphatic heterocycles. The van der Waals surface area contributed by atoms with E-state index in [1.807, 2.05) is 35.2 Å². The van der Waals surface area contributed by atoms with Crippen molar-refractivity contribution in [3.63, 3.8) is 0 Å². The molecule has 130 valence electrons. The van der Waals surface area contributed by atoms with Crippen molar-refractivity contribution in [3.05, 3.63) is 58.4 Å². The zero-order chi connectivity index (χ0) is 17.4. The Hall–Kier alpha value is -2.01. The number of hydrogen-bond acceptors (Lipinski definition) is 2. The number of benzene rings is 1. The predicted molar refractivity (Wildman–Crippen MR) is 102 cm³/mol. The molecule has 0 N–H and O–H groups in total. The fraction of sp³-hybridized carbons (Fsp3) is 0.350. The molecule has 3 aromatic rings. The predicted octanol–water partition coefficient (Wildman–Crippen LogP) is 4.92. The first-order valence-electron chi connectivity index (χ1n) is 8.73. The maximum Gasteiger partial charge on any atom is 0.270 e. The number of aromatic nitrogens is 1. The number of rotatable bonds is 3. The summed E-state index contributed by atoms with van der Waals surface area (Å²) in [5, 5.41) is 0. The maximum atomic E-state index is 13.2. The Bertz CT molecular complexity index is 897. The van der Waals surface area contributed by atoms with Crippen LogP contribution in [-0.2, 0) is 6.54 Å². The molecule has 5 heteroatoms. The van der Waals surface area contributed by atoms with Crippen molar-refractivity contribution in [3.8, 4) is 0 Å². The Balaban J connectivity index is 1.73. The summed E-state index contributed by atoms with van der Waals surface area (Å²) in [4.78, 5) is 15.1. The third kappa shape index (κ3) is 3.25. The number of hydrogen-bond donors (Lipinski definition) is 0. The minimum absolute atomic E-state index is 0.102. The molecule has 4 rings (SSSR count). The second-order valence-electron chi connectivity index (χ2n) is 6.90. The molecule has 25 heavy (non-hydrogen) atoms. The van der Waals surface area contributed by atoms with Crippen LogP contribution in [0.15, 0.2) is 51.6 Å². The molecule has 1 saturated heterocycles. The van der Waals surface area contributed by atoms with E-state index in [0.29, 0.717) is 22.8 Å². The van der Waals surface area contributed by atoms with Gasteiger partial charge >= 0.3 is 0 Å². The number of carbonyl (C=O) groups is 1. The molecule has 1 aliphatic rings. The molecule has 3 heterocycles. The summed E-state index contributed by atoms with van der Waals surface area (Å²) in [6, 6.07) is 14.0. The van der Waals surface area contributed by atoms with Crippen LogP contribution in [0.1, 0.15) is 35.8 Å². The highest BCUT2D eigenvalue weighted by atomic mass is 79.9. The van der Waals surface area contributed by atoms with Gasteiger partial charge in [0, 0.05) is 31.8 Å². The van der Waals surface area contributed by atoms with E-state index in [9.17, 15) is 4.79 Å². The standard InChI is InChI=1S/C20H21BrN2O2/c1-14-6-5-9-22(12-14)20(24)17-10-18-16(11-19(21)25-18)23(17)13-15-7-3-2-4-8-15/h2-4,7-8,10-11,14H,5-6,9,12-13H2,1H3. The van der Waals surface area contributed by atoms with E-state index in [0.717, 1.165) is 30.6 Å². The summed E-state index contributed by atoms with van der Waals surface area (Å²) >= 11 is 3.39. The molecular weight excluding hydrogens is 380 g/mol. The Labute approximate surface area is 155 Å². The molecule has 1 aromatic carbocycles. The molecule has 1 amide bonds. The average molecular weight is 401 g/mol. The van der Waals surface area contributed by atoms with Crippen molar-refractivity contribution < 1.29 is 9.21 Å². The van der Waals surface area contributed by atoms with Crippen molar-refractivity contribution >= 4 is 32.9 Å². The van der Waals surface area contributed by atoms with Gasteiger partial charge in [-0.2, -0.15) is 0 Å². The van der Waals surface area contributed by atoms with Crippen LogP contribution < -0.4 is 0 Å². The van der Waals surface area contributed by atoms with Crippen molar-refractivity contribution in [2.24, 2.45) is 5.92 Å². The lowest BCUT2D eigenvalue weighted by molar-refractivity contribution is 0.0673. The molecule has 0 spiro atoms. The van der Waals surface area contributed by atoms with Crippen molar-refractivity contribution in [1.29, 1.82) is 0 Å². The highest BCUT2D eigenvalue weighted by Gasteiger charge is 2.26. The van der Waals surface area contributed by atoms with Crippen LogP contribution in [0.2, 0.25) is 0 Å². The van der Waals surface area contributed by atoms with Gasteiger partial charge < -0.3 is 13.9 Å². The lowest BCUT2D eigenvalue weighted by Crippen LogP contribution is -2.40. The summed E-state index contributed by atoms with van der Waals surface area (Å²) in [5.41, 5.74) is 3.57. The maximum absolute atomic E-state index is 13.2. The third-order valence-electron chi connectivity index (χ3n) is 4.91. The number of carbonyl (C=O) groups excluding carboxylic acids is 1. The Morgan fingerprint density at radius 1 is 1.28 bits per heavy atom. The summed E-state index contributed by atoms with van der Waals surface area (Å²) in [6.07, 6.45) is 2.28. The largest absolute Gasteiger partial charge is 0.448 e. The summed E-state index contributed by atoms with van der Waals surface area (Å²) in [7, 11) is 0. The van der Waals surface area contributed by atoms with E-state index >= 15 is 0 Å². The van der Waals surface area contributed by atoms with E-state index in [-0.39, 0.29) is 5.91 Å². The fourth-order valence-electron chi connectivity index (χ4n) is 3.66. The highest BCUT2D eigenvalue weighted by molar-refractivity contribution is 9.10. The van der Waals surface area contributed by atoms with Crippen LogP contribution in [0, 0.1) is 5.92 Å². The Morgan fingerprint density at radius 2 is 2.08 bits per heavy atom. The van der Waals surface area contributed by atoms with Crippen LogP contribution in [0.4, 0.5) is 0 Å². The molecule has 4 nitrogen and oxygen atoms in total. The quantitative estimate of drug-likeness (QED) is 0.625.